The Morgan fingerprint density at radius 3 is 2.62 bits per heavy atom. The number of benzene rings is 1. The third-order valence-corrected chi connectivity index (χ3v) is 4.70. The molecule has 0 unspecified atom stereocenters. The van der Waals surface area contributed by atoms with E-state index in [1.165, 1.54) is 0 Å². The quantitative estimate of drug-likeness (QED) is 0.894. The van der Waals surface area contributed by atoms with E-state index in [1.807, 2.05) is 6.07 Å². The molecular weight excluding hydrogens is 309 g/mol. The predicted molar refractivity (Wildman–Crippen MR) is 85.8 cm³/mol. The molecule has 1 saturated carbocycles. The Morgan fingerprint density at radius 2 is 2.00 bits per heavy atom. The summed E-state index contributed by atoms with van der Waals surface area (Å²) in [5.41, 5.74) is 0.227. The Morgan fingerprint density at radius 1 is 1.33 bits per heavy atom. The minimum absolute atomic E-state index is 0.0290. The second-order valence-electron chi connectivity index (χ2n) is 5.92. The largest absolute Gasteiger partial charge is 0.388 e. The van der Waals surface area contributed by atoms with Gasteiger partial charge in [-0.25, -0.2) is 0 Å². The minimum atomic E-state index is -0.692. The van der Waals surface area contributed by atoms with E-state index in [2.05, 4.69) is 0 Å². The van der Waals surface area contributed by atoms with E-state index in [9.17, 15) is 9.90 Å². The van der Waals surface area contributed by atoms with Crippen molar-refractivity contribution >= 4 is 29.1 Å². The van der Waals surface area contributed by atoms with Crippen molar-refractivity contribution in [3.63, 3.8) is 0 Å². The van der Waals surface area contributed by atoms with Crippen LogP contribution in [0.4, 0.5) is 0 Å². The summed E-state index contributed by atoms with van der Waals surface area (Å²) < 4.78 is 0. The van der Waals surface area contributed by atoms with Gasteiger partial charge in [0.05, 0.1) is 5.60 Å². The van der Waals surface area contributed by atoms with Gasteiger partial charge in [-0.15, -0.1) is 0 Å². The third kappa shape index (κ3) is 4.60. The van der Waals surface area contributed by atoms with Crippen molar-refractivity contribution in [3.05, 3.63) is 33.8 Å². The fourth-order valence-corrected chi connectivity index (χ4v) is 3.38. The number of likely N-dealkylation sites (N-methyl/N-ethyl adjacent to an activating group) is 1. The van der Waals surface area contributed by atoms with Gasteiger partial charge in [0, 0.05) is 30.1 Å². The summed E-state index contributed by atoms with van der Waals surface area (Å²) in [7, 11) is 1.75. The summed E-state index contributed by atoms with van der Waals surface area (Å²) in [6.07, 6.45) is 4.62. The van der Waals surface area contributed by atoms with Crippen molar-refractivity contribution in [1.82, 2.24) is 4.90 Å². The first-order valence-corrected chi connectivity index (χ1v) is 8.05. The minimum Gasteiger partial charge on any atom is -0.388 e. The Bertz CT molecular complexity index is 513. The van der Waals surface area contributed by atoms with Crippen molar-refractivity contribution in [1.29, 1.82) is 0 Å². The van der Waals surface area contributed by atoms with Crippen LogP contribution in [0, 0.1) is 0 Å². The summed E-state index contributed by atoms with van der Waals surface area (Å²) in [5.74, 6) is 0.0290. The second kappa shape index (κ2) is 6.99. The lowest BCUT2D eigenvalue weighted by Crippen LogP contribution is -2.42. The molecule has 0 radical (unpaired) electrons. The highest BCUT2D eigenvalue weighted by atomic mass is 35.5. The van der Waals surface area contributed by atoms with Crippen LogP contribution in [-0.2, 0) is 11.2 Å². The highest BCUT2D eigenvalue weighted by Crippen LogP contribution is 2.30. The monoisotopic (exact) mass is 329 g/mol. The average molecular weight is 330 g/mol. The first-order chi connectivity index (χ1) is 9.89. The van der Waals surface area contributed by atoms with Crippen molar-refractivity contribution in [3.8, 4) is 0 Å². The Kier molecular flexibility index (Phi) is 5.53. The molecule has 3 nitrogen and oxygen atoms in total. The molecule has 1 amide bonds. The molecule has 0 atom stereocenters. The standard InChI is InChI=1S/C16H21Cl2NO2/c1-19(11-16(21)8-2-3-9-16)15(20)7-5-12-4-6-13(17)10-14(12)18/h4,6,10,21H,2-3,5,7-9,11H2,1H3. The van der Waals surface area contributed by atoms with E-state index in [0.717, 1.165) is 31.2 Å². The number of aryl methyl sites for hydroxylation is 1. The molecule has 2 rings (SSSR count). The van der Waals surface area contributed by atoms with E-state index in [1.54, 1.807) is 24.1 Å². The lowest BCUT2D eigenvalue weighted by molar-refractivity contribution is -0.133. The summed E-state index contributed by atoms with van der Waals surface area (Å²) in [5, 5.41) is 11.5. The molecule has 1 fully saturated rings. The van der Waals surface area contributed by atoms with Crippen molar-refractivity contribution in [2.75, 3.05) is 13.6 Å². The smallest absolute Gasteiger partial charge is 0.222 e. The molecule has 1 N–H and O–H groups in total. The summed E-state index contributed by atoms with van der Waals surface area (Å²) in [6, 6.07) is 5.31. The summed E-state index contributed by atoms with van der Waals surface area (Å²) >= 11 is 12.0. The van der Waals surface area contributed by atoms with Crippen LogP contribution in [-0.4, -0.2) is 35.1 Å². The van der Waals surface area contributed by atoms with E-state index < -0.39 is 5.60 Å². The Hall–Kier alpha value is -0.770. The zero-order valence-corrected chi connectivity index (χ0v) is 13.8. The van der Waals surface area contributed by atoms with Gasteiger partial charge in [-0.05, 0) is 37.0 Å². The Balaban J connectivity index is 1.86. The molecule has 1 aliphatic rings. The number of carbonyl (C=O) groups excluding carboxylic acids is 1. The maximum Gasteiger partial charge on any atom is 0.222 e. The SMILES string of the molecule is CN(CC1(O)CCCC1)C(=O)CCc1ccc(Cl)cc1Cl. The molecule has 5 heteroatoms. The molecular formula is C16H21Cl2NO2. The van der Waals surface area contributed by atoms with Crippen LogP contribution in [0.3, 0.4) is 0 Å². The third-order valence-electron chi connectivity index (χ3n) is 4.11. The van der Waals surface area contributed by atoms with Crippen LogP contribution >= 0.6 is 23.2 Å². The van der Waals surface area contributed by atoms with Crippen molar-refractivity contribution < 1.29 is 9.90 Å². The topological polar surface area (TPSA) is 40.5 Å². The first-order valence-electron chi connectivity index (χ1n) is 7.30. The fourth-order valence-electron chi connectivity index (χ4n) is 2.88. The normalized spacial score (nSPS) is 17.0. The molecule has 116 valence electrons. The van der Waals surface area contributed by atoms with Gasteiger partial charge >= 0.3 is 0 Å². The van der Waals surface area contributed by atoms with Gasteiger partial charge in [-0.3, -0.25) is 4.79 Å². The number of halogens is 2. The zero-order valence-electron chi connectivity index (χ0n) is 12.2. The second-order valence-corrected chi connectivity index (χ2v) is 6.76. The first kappa shape index (κ1) is 16.6. The predicted octanol–water partition coefficient (Wildman–Crippen LogP) is 3.69. The van der Waals surface area contributed by atoms with E-state index in [0.29, 0.717) is 29.4 Å². The number of nitrogens with zero attached hydrogens (tertiary/aromatic N) is 1. The molecule has 21 heavy (non-hydrogen) atoms. The van der Waals surface area contributed by atoms with Gasteiger partial charge < -0.3 is 10.0 Å². The molecule has 0 aliphatic heterocycles. The van der Waals surface area contributed by atoms with Gasteiger partial charge in [0.25, 0.3) is 0 Å². The molecule has 1 aromatic rings. The molecule has 0 bridgehead atoms. The van der Waals surface area contributed by atoms with Gasteiger partial charge in [-0.2, -0.15) is 0 Å². The van der Waals surface area contributed by atoms with Crippen LogP contribution in [0.25, 0.3) is 0 Å². The van der Waals surface area contributed by atoms with Crippen molar-refractivity contribution in [2.45, 2.75) is 44.1 Å². The van der Waals surface area contributed by atoms with Crippen LogP contribution in [0.1, 0.15) is 37.7 Å². The highest BCUT2D eigenvalue weighted by Gasteiger charge is 2.33. The van der Waals surface area contributed by atoms with Crippen molar-refractivity contribution in [2.24, 2.45) is 0 Å². The molecule has 0 saturated heterocycles. The lowest BCUT2D eigenvalue weighted by Gasteiger charge is -2.28. The van der Waals surface area contributed by atoms with Gasteiger partial charge in [0.1, 0.15) is 0 Å². The molecule has 0 aromatic heterocycles. The average Bonchev–Trinajstić information content (AvgIpc) is 2.83. The maximum absolute atomic E-state index is 12.2. The maximum atomic E-state index is 12.2. The molecule has 1 aromatic carbocycles. The van der Waals surface area contributed by atoms with Crippen LogP contribution in [0.2, 0.25) is 10.0 Å². The number of amides is 1. The van der Waals surface area contributed by atoms with Gasteiger partial charge in [-0.1, -0.05) is 42.1 Å². The lowest BCUT2D eigenvalue weighted by atomic mass is 10.0. The molecule has 0 heterocycles. The molecule has 0 spiro atoms. The molecule has 1 aliphatic carbocycles. The van der Waals surface area contributed by atoms with Gasteiger partial charge in [0.2, 0.25) is 5.91 Å². The van der Waals surface area contributed by atoms with Crippen LogP contribution in [0.15, 0.2) is 18.2 Å². The summed E-state index contributed by atoms with van der Waals surface area (Å²) in [4.78, 5) is 13.8. The Labute approximate surface area is 135 Å². The zero-order chi connectivity index (χ0) is 15.5. The van der Waals surface area contributed by atoms with E-state index in [-0.39, 0.29) is 5.91 Å². The van der Waals surface area contributed by atoms with Gasteiger partial charge in [0.15, 0.2) is 0 Å². The van der Waals surface area contributed by atoms with E-state index in [4.69, 9.17) is 23.2 Å². The van der Waals surface area contributed by atoms with Crippen LogP contribution < -0.4 is 0 Å². The van der Waals surface area contributed by atoms with Crippen LogP contribution in [0.5, 0.6) is 0 Å². The summed E-state index contributed by atoms with van der Waals surface area (Å²) in [6.45, 7) is 0.417. The number of carbonyl (C=O) groups is 1. The number of hydrogen-bond acceptors (Lipinski definition) is 2. The number of rotatable bonds is 5. The van der Waals surface area contributed by atoms with E-state index >= 15 is 0 Å². The number of aliphatic hydroxyl groups is 1. The highest BCUT2D eigenvalue weighted by molar-refractivity contribution is 6.35. The fraction of sp³-hybridized carbons (Fsp3) is 0.562. The number of hydrogen-bond donors (Lipinski definition) is 1.